The van der Waals surface area contributed by atoms with Crippen LogP contribution in [-0.2, 0) is 0 Å². The summed E-state index contributed by atoms with van der Waals surface area (Å²) >= 11 is 0. The number of hydrogen-bond donors (Lipinski definition) is 0. The van der Waals surface area contributed by atoms with Crippen molar-refractivity contribution in [3.8, 4) is 23.0 Å². The zero-order valence-electron chi connectivity index (χ0n) is 36.1. The quantitative estimate of drug-likeness (QED) is 0.0966. The van der Waals surface area contributed by atoms with E-state index in [-0.39, 0.29) is 23.1 Å². The lowest BCUT2D eigenvalue weighted by molar-refractivity contribution is 0.100. The molecule has 10 heteroatoms. The van der Waals surface area contributed by atoms with Crippen molar-refractivity contribution in [2.24, 2.45) is 0 Å². The van der Waals surface area contributed by atoms with Crippen LogP contribution >= 0.6 is 0 Å². The van der Waals surface area contributed by atoms with Crippen molar-refractivity contribution >= 4 is 57.3 Å². The minimum absolute atomic E-state index is 0.0186. The van der Waals surface area contributed by atoms with Gasteiger partial charge in [-0.2, -0.15) is 0 Å². The van der Waals surface area contributed by atoms with Crippen molar-refractivity contribution in [1.82, 2.24) is 0 Å². The standard InChI is InChI=1S/C13H12O2.C12H8O2.C10H10O2.C9H10O2.C8H10O2/c1-9(14)10-3-4-12-8-13(15-2)6-5-11(12)7-10;13-7-9-1-3-11-6-10(8-14)2-4-12(11)5-9;1-7(11)9-3-5-10(6-4-9)8(2)12;1-7(10)8-3-5-9(11-2)6-4-8;1-9-7-5-3-4-6-8(7)10-2/h3-8H,1-2H3;1-8H;3-6H,1-2H3;3-6H,1-2H3;3-6H,1-2H3. The van der Waals surface area contributed by atoms with Gasteiger partial charge < -0.3 is 18.9 Å². The summed E-state index contributed by atoms with van der Waals surface area (Å²) < 4.78 is 20.1. The van der Waals surface area contributed by atoms with Crippen LogP contribution in [-0.4, -0.2) is 64.1 Å². The van der Waals surface area contributed by atoms with Crippen molar-refractivity contribution < 1.29 is 47.7 Å². The summed E-state index contributed by atoms with van der Waals surface area (Å²) in [5.74, 6) is 3.35. The number of aldehydes is 2. The van der Waals surface area contributed by atoms with E-state index in [2.05, 4.69) is 0 Å². The van der Waals surface area contributed by atoms with Crippen LogP contribution in [0.2, 0.25) is 0 Å². The molecule has 7 aromatic rings. The molecule has 0 atom stereocenters. The maximum atomic E-state index is 11.2. The van der Waals surface area contributed by atoms with Crippen molar-refractivity contribution in [3.63, 3.8) is 0 Å². The number of ketones is 4. The number of fused-ring (bicyclic) bond motifs is 2. The average Bonchev–Trinajstić information content (AvgIpc) is 3.31. The Morgan fingerprint density at radius 2 is 0.677 bits per heavy atom. The van der Waals surface area contributed by atoms with Gasteiger partial charge in [-0.25, -0.2) is 0 Å². The lowest BCUT2D eigenvalue weighted by Crippen LogP contribution is -1.95. The van der Waals surface area contributed by atoms with Gasteiger partial charge in [-0.3, -0.25) is 28.8 Å². The predicted molar refractivity (Wildman–Crippen MR) is 244 cm³/mol. The minimum Gasteiger partial charge on any atom is -0.497 e. The third-order valence-corrected chi connectivity index (χ3v) is 9.10. The first-order chi connectivity index (χ1) is 29.8. The Bertz CT molecular complexity index is 2510. The van der Waals surface area contributed by atoms with Crippen LogP contribution in [0.3, 0.4) is 0 Å². The molecular weight excluding hydrogens is 785 g/mol. The second-order valence-corrected chi connectivity index (χ2v) is 13.4. The van der Waals surface area contributed by atoms with Gasteiger partial charge in [-0.1, -0.05) is 78.9 Å². The molecule has 0 aliphatic heterocycles. The molecule has 10 nitrogen and oxygen atoms in total. The SMILES string of the molecule is CC(=O)c1ccc(C(C)=O)cc1.COc1ccc(C(C)=O)cc1.COc1ccc2cc(C(C)=O)ccc2c1.COc1ccccc1OC.O=Cc1ccc2cc(C=O)ccc2c1. The van der Waals surface area contributed by atoms with E-state index in [1.54, 1.807) is 115 Å². The minimum atomic E-state index is 0.0186. The highest BCUT2D eigenvalue weighted by Crippen LogP contribution is 2.25. The Morgan fingerprint density at radius 3 is 1.05 bits per heavy atom. The van der Waals surface area contributed by atoms with E-state index in [0.717, 1.165) is 62.7 Å². The van der Waals surface area contributed by atoms with Gasteiger partial charge in [-0.15, -0.1) is 0 Å². The van der Waals surface area contributed by atoms with Gasteiger partial charge in [0.2, 0.25) is 0 Å². The second kappa shape index (κ2) is 25.0. The number of benzene rings is 7. The number of ether oxygens (including phenoxy) is 4. The van der Waals surface area contributed by atoms with Crippen molar-refractivity contribution in [2.75, 3.05) is 28.4 Å². The Hall–Kier alpha value is -7.72. The summed E-state index contributed by atoms with van der Waals surface area (Å²) in [6, 6.07) is 43.5. The van der Waals surface area contributed by atoms with Gasteiger partial charge in [0.25, 0.3) is 0 Å². The zero-order valence-corrected chi connectivity index (χ0v) is 36.1. The molecule has 0 aliphatic rings. The summed E-state index contributed by atoms with van der Waals surface area (Å²) in [6.45, 7) is 6.12. The van der Waals surface area contributed by atoms with Crippen LogP contribution in [0.1, 0.15) is 89.8 Å². The van der Waals surface area contributed by atoms with Crippen LogP contribution < -0.4 is 18.9 Å². The van der Waals surface area contributed by atoms with E-state index >= 15 is 0 Å². The molecule has 62 heavy (non-hydrogen) atoms. The molecule has 0 aliphatic carbocycles. The summed E-state index contributed by atoms with van der Waals surface area (Å²) in [5, 5.41) is 4.09. The number of Topliss-reactive ketones (excluding diaryl/α,β-unsaturated/α-hetero) is 4. The molecule has 7 rings (SSSR count). The molecular formula is C52H50O10. The van der Waals surface area contributed by atoms with Gasteiger partial charge in [0.05, 0.1) is 28.4 Å². The van der Waals surface area contributed by atoms with E-state index < -0.39 is 0 Å². The Morgan fingerprint density at radius 1 is 0.355 bits per heavy atom. The maximum Gasteiger partial charge on any atom is 0.160 e. The smallest absolute Gasteiger partial charge is 0.160 e. The van der Waals surface area contributed by atoms with E-state index in [0.29, 0.717) is 27.8 Å². The monoisotopic (exact) mass is 834 g/mol. The highest BCUT2D eigenvalue weighted by Gasteiger charge is 2.03. The molecule has 0 aromatic heterocycles. The molecule has 0 heterocycles. The van der Waals surface area contributed by atoms with Crippen LogP contribution in [0.5, 0.6) is 23.0 Å². The van der Waals surface area contributed by atoms with E-state index in [1.165, 1.54) is 13.8 Å². The number of rotatable bonds is 10. The first kappa shape index (κ1) is 48.6. The van der Waals surface area contributed by atoms with Crippen LogP contribution in [0.4, 0.5) is 0 Å². The predicted octanol–water partition coefficient (Wildman–Crippen LogP) is 11.2. The fraction of sp³-hybridized carbons (Fsp3) is 0.154. The lowest BCUT2D eigenvalue weighted by Gasteiger charge is -2.04. The molecule has 0 saturated heterocycles. The largest absolute Gasteiger partial charge is 0.497 e. The van der Waals surface area contributed by atoms with E-state index in [4.69, 9.17) is 18.9 Å². The molecule has 0 N–H and O–H groups in total. The maximum absolute atomic E-state index is 11.2. The number of carbonyl (C=O) groups excluding carboxylic acids is 6. The van der Waals surface area contributed by atoms with E-state index in [9.17, 15) is 28.8 Å². The fourth-order valence-corrected chi connectivity index (χ4v) is 5.55. The topological polar surface area (TPSA) is 139 Å². The van der Waals surface area contributed by atoms with Gasteiger partial charge in [0.15, 0.2) is 34.6 Å². The van der Waals surface area contributed by atoms with Crippen LogP contribution in [0, 0.1) is 0 Å². The Balaban J connectivity index is 0.000000208. The van der Waals surface area contributed by atoms with Crippen LogP contribution in [0.25, 0.3) is 21.5 Å². The second-order valence-electron chi connectivity index (χ2n) is 13.4. The Labute approximate surface area is 362 Å². The Kier molecular flexibility index (Phi) is 19.6. The number of hydrogen-bond acceptors (Lipinski definition) is 10. The summed E-state index contributed by atoms with van der Waals surface area (Å²) in [4.78, 5) is 64.7. The molecule has 7 aromatic carbocycles. The van der Waals surface area contributed by atoms with Crippen LogP contribution in [0.15, 0.2) is 146 Å². The number of carbonyl (C=O) groups is 6. The number of methoxy groups -OCH3 is 4. The summed E-state index contributed by atoms with van der Waals surface area (Å²) in [7, 11) is 6.49. The third-order valence-electron chi connectivity index (χ3n) is 9.10. The molecule has 0 unspecified atom stereocenters. The zero-order chi connectivity index (χ0) is 45.6. The molecule has 0 spiro atoms. The van der Waals surface area contributed by atoms with Gasteiger partial charge in [0.1, 0.15) is 24.1 Å². The van der Waals surface area contributed by atoms with Crippen molar-refractivity contribution in [3.05, 3.63) is 179 Å². The number of para-hydroxylation sites is 2. The summed E-state index contributed by atoms with van der Waals surface area (Å²) in [5.41, 5.74) is 4.03. The molecule has 0 bridgehead atoms. The van der Waals surface area contributed by atoms with Gasteiger partial charge >= 0.3 is 0 Å². The molecule has 0 radical (unpaired) electrons. The molecule has 318 valence electrons. The molecule has 0 fully saturated rings. The highest BCUT2D eigenvalue weighted by atomic mass is 16.5. The fourth-order valence-electron chi connectivity index (χ4n) is 5.55. The third kappa shape index (κ3) is 15.1. The first-order valence-electron chi connectivity index (χ1n) is 19.2. The normalized spacial score (nSPS) is 9.68. The van der Waals surface area contributed by atoms with Gasteiger partial charge in [-0.05, 0) is 116 Å². The van der Waals surface area contributed by atoms with E-state index in [1.807, 2.05) is 72.8 Å². The summed E-state index contributed by atoms with van der Waals surface area (Å²) in [6.07, 6.45) is 1.63. The first-order valence-corrected chi connectivity index (χ1v) is 19.2. The lowest BCUT2D eigenvalue weighted by atomic mass is 10.0. The van der Waals surface area contributed by atoms with Crippen molar-refractivity contribution in [1.29, 1.82) is 0 Å². The van der Waals surface area contributed by atoms with Gasteiger partial charge in [0, 0.05) is 33.4 Å². The average molecular weight is 835 g/mol. The molecule has 0 amide bonds. The molecule has 0 saturated carbocycles. The highest BCUT2D eigenvalue weighted by molar-refractivity contribution is 5.99. The van der Waals surface area contributed by atoms with Crippen molar-refractivity contribution in [2.45, 2.75) is 27.7 Å².